The normalized spacial score (nSPS) is 11.0. The number of sulfonamides is 1. The van der Waals surface area contributed by atoms with Crippen LogP contribution >= 0.6 is 0 Å². The summed E-state index contributed by atoms with van der Waals surface area (Å²) in [5, 5.41) is 0. The Bertz CT molecular complexity index is 827. The number of hydrogen-bond acceptors (Lipinski definition) is 4. The highest BCUT2D eigenvalue weighted by Gasteiger charge is 2.16. The van der Waals surface area contributed by atoms with Crippen LogP contribution in [0.3, 0.4) is 0 Å². The fourth-order valence-electron chi connectivity index (χ4n) is 2.01. The van der Waals surface area contributed by atoms with E-state index >= 15 is 0 Å². The minimum absolute atomic E-state index is 0.0389. The van der Waals surface area contributed by atoms with Crippen molar-refractivity contribution in [2.45, 2.75) is 11.8 Å². The zero-order valence-corrected chi connectivity index (χ0v) is 12.6. The van der Waals surface area contributed by atoms with Gasteiger partial charge in [-0.3, -0.25) is 9.59 Å². The Morgan fingerprint density at radius 3 is 2.14 bits per heavy atom. The first-order valence-corrected chi connectivity index (χ1v) is 7.82. The monoisotopic (exact) mass is 318 g/mol. The number of benzene rings is 2. The van der Waals surface area contributed by atoms with Crippen LogP contribution < -0.4 is 10.5 Å². The Kier molecular flexibility index (Phi) is 4.27. The fraction of sp³-hybridized carbons (Fsp3) is 0.0667. The van der Waals surface area contributed by atoms with Crippen molar-refractivity contribution in [1.29, 1.82) is 0 Å². The van der Waals surface area contributed by atoms with Crippen LogP contribution in [0.4, 0.5) is 0 Å². The molecular formula is C15H14N2O4S. The molecule has 2 rings (SSSR count). The summed E-state index contributed by atoms with van der Waals surface area (Å²) in [5.74, 6) is -1.23. The summed E-state index contributed by atoms with van der Waals surface area (Å²) in [4.78, 5) is 22.3. The molecule has 0 saturated carbocycles. The van der Waals surface area contributed by atoms with E-state index < -0.39 is 21.8 Å². The van der Waals surface area contributed by atoms with E-state index in [1.807, 2.05) is 4.72 Å². The molecule has 114 valence electrons. The summed E-state index contributed by atoms with van der Waals surface area (Å²) in [5.41, 5.74) is 6.93. The van der Waals surface area contributed by atoms with Gasteiger partial charge in [0.2, 0.25) is 11.8 Å². The Morgan fingerprint density at radius 2 is 1.59 bits per heavy atom. The first-order chi connectivity index (χ1) is 10.3. The van der Waals surface area contributed by atoms with Crippen molar-refractivity contribution in [2.24, 2.45) is 5.73 Å². The Morgan fingerprint density at radius 1 is 1.00 bits per heavy atom. The number of carbonyl (C=O) groups is 2. The van der Waals surface area contributed by atoms with Gasteiger partial charge in [0, 0.05) is 12.5 Å². The van der Waals surface area contributed by atoms with Crippen LogP contribution in [-0.4, -0.2) is 20.2 Å². The maximum Gasteiger partial charge on any atom is 0.264 e. The molecule has 0 aromatic heterocycles. The third kappa shape index (κ3) is 3.32. The van der Waals surface area contributed by atoms with Crippen LogP contribution in [0.1, 0.15) is 17.3 Å². The molecule has 2 aromatic carbocycles. The first-order valence-electron chi connectivity index (χ1n) is 6.34. The maximum atomic E-state index is 11.9. The van der Waals surface area contributed by atoms with Crippen molar-refractivity contribution < 1.29 is 18.0 Å². The summed E-state index contributed by atoms with van der Waals surface area (Å²) in [6.45, 7) is 1.12. The SMILES string of the molecule is CC(=O)NS(=O)(=O)c1ccc(-c2ccccc2C(N)=O)cc1. The average molecular weight is 318 g/mol. The molecule has 0 aliphatic heterocycles. The molecule has 3 N–H and O–H groups in total. The Labute approximate surface area is 128 Å². The van der Waals surface area contributed by atoms with Gasteiger partial charge in [-0.2, -0.15) is 0 Å². The lowest BCUT2D eigenvalue weighted by Gasteiger charge is -2.08. The van der Waals surface area contributed by atoms with Gasteiger partial charge in [0.1, 0.15) is 0 Å². The van der Waals surface area contributed by atoms with Crippen LogP contribution in [0.25, 0.3) is 11.1 Å². The second-order valence-electron chi connectivity index (χ2n) is 4.60. The molecule has 0 aliphatic rings. The van der Waals surface area contributed by atoms with Crippen LogP contribution in [0.15, 0.2) is 53.4 Å². The quantitative estimate of drug-likeness (QED) is 0.885. The van der Waals surface area contributed by atoms with E-state index in [2.05, 4.69) is 0 Å². The number of primary amides is 1. The molecule has 0 saturated heterocycles. The summed E-state index contributed by atoms with van der Waals surface area (Å²) in [7, 11) is -3.88. The first kappa shape index (κ1) is 15.7. The van der Waals surface area contributed by atoms with Gasteiger partial charge in [0.15, 0.2) is 0 Å². The van der Waals surface area contributed by atoms with Gasteiger partial charge in [-0.05, 0) is 29.3 Å². The van der Waals surface area contributed by atoms with Crippen LogP contribution in [0.5, 0.6) is 0 Å². The lowest BCUT2D eigenvalue weighted by Crippen LogP contribution is -2.28. The van der Waals surface area contributed by atoms with E-state index in [0.29, 0.717) is 16.7 Å². The molecule has 7 heteroatoms. The zero-order chi connectivity index (χ0) is 16.3. The summed E-state index contributed by atoms with van der Waals surface area (Å²) in [6, 6.07) is 12.6. The maximum absolute atomic E-state index is 11.9. The second kappa shape index (κ2) is 5.98. The predicted octanol–water partition coefficient (Wildman–Crippen LogP) is 1.28. The topological polar surface area (TPSA) is 106 Å². The van der Waals surface area contributed by atoms with E-state index in [1.54, 1.807) is 36.4 Å². The fourth-order valence-corrected chi connectivity index (χ4v) is 3.00. The van der Waals surface area contributed by atoms with Crippen LogP contribution in [0.2, 0.25) is 0 Å². The zero-order valence-electron chi connectivity index (χ0n) is 11.7. The molecule has 2 aromatic rings. The van der Waals surface area contributed by atoms with E-state index in [4.69, 9.17) is 5.73 Å². The lowest BCUT2D eigenvalue weighted by atomic mass is 9.99. The van der Waals surface area contributed by atoms with Crippen molar-refractivity contribution in [3.05, 3.63) is 54.1 Å². The van der Waals surface area contributed by atoms with Crippen LogP contribution in [-0.2, 0) is 14.8 Å². The number of nitrogens with two attached hydrogens (primary N) is 1. The molecule has 6 nitrogen and oxygen atoms in total. The molecule has 0 spiro atoms. The average Bonchev–Trinajstić information content (AvgIpc) is 2.46. The molecule has 0 bridgehead atoms. The molecule has 0 aliphatic carbocycles. The summed E-state index contributed by atoms with van der Waals surface area (Å²) >= 11 is 0. The van der Waals surface area contributed by atoms with E-state index in [9.17, 15) is 18.0 Å². The number of nitrogens with one attached hydrogen (secondary N) is 1. The Hall–Kier alpha value is -2.67. The molecule has 0 heterocycles. The molecule has 0 atom stereocenters. The molecular weight excluding hydrogens is 304 g/mol. The standard InChI is InChI=1S/C15H14N2O4S/c1-10(18)17-22(20,21)12-8-6-11(7-9-12)13-4-2-3-5-14(13)15(16)19/h2-9H,1H3,(H2,16,19)(H,17,18). The van der Waals surface area contributed by atoms with Gasteiger partial charge in [0.25, 0.3) is 10.0 Å². The third-order valence-electron chi connectivity index (χ3n) is 2.95. The number of rotatable bonds is 4. The van der Waals surface area contributed by atoms with E-state index in [0.717, 1.165) is 6.92 Å². The lowest BCUT2D eigenvalue weighted by molar-refractivity contribution is -0.117. The molecule has 22 heavy (non-hydrogen) atoms. The third-order valence-corrected chi connectivity index (χ3v) is 4.40. The Balaban J connectivity index is 2.42. The minimum Gasteiger partial charge on any atom is -0.366 e. The molecule has 0 unspecified atom stereocenters. The van der Waals surface area contributed by atoms with Crippen LogP contribution in [0, 0.1) is 0 Å². The van der Waals surface area contributed by atoms with E-state index in [-0.39, 0.29) is 4.90 Å². The minimum atomic E-state index is -3.88. The number of amides is 2. The smallest absolute Gasteiger partial charge is 0.264 e. The van der Waals surface area contributed by atoms with Gasteiger partial charge in [0.05, 0.1) is 4.90 Å². The van der Waals surface area contributed by atoms with Crippen molar-refractivity contribution in [2.75, 3.05) is 0 Å². The second-order valence-corrected chi connectivity index (χ2v) is 6.28. The highest BCUT2D eigenvalue weighted by molar-refractivity contribution is 7.90. The number of hydrogen-bond donors (Lipinski definition) is 2. The van der Waals surface area contributed by atoms with Gasteiger partial charge in [-0.15, -0.1) is 0 Å². The summed E-state index contributed by atoms with van der Waals surface area (Å²) in [6.07, 6.45) is 0. The predicted molar refractivity (Wildman–Crippen MR) is 81.4 cm³/mol. The van der Waals surface area contributed by atoms with Gasteiger partial charge in [-0.25, -0.2) is 13.1 Å². The highest BCUT2D eigenvalue weighted by atomic mass is 32.2. The molecule has 0 radical (unpaired) electrons. The highest BCUT2D eigenvalue weighted by Crippen LogP contribution is 2.24. The van der Waals surface area contributed by atoms with Gasteiger partial charge < -0.3 is 5.73 Å². The molecule has 0 fully saturated rings. The van der Waals surface area contributed by atoms with Crippen molar-refractivity contribution in [1.82, 2.24) is 4.72 Å². The summed E-state index contributed by atoms with van der Waals surface area (Å²) < 4.78 is 25.6. The van der Waals surface area contributed by atoms with Crippen molar-refractivity contribution in [3.8, 4) is 11.1 Å². The largest absolute Gasteiger partial charge is 0.366 e. The molecule has 2 amide bonds. The van der Waals surface area contributed by atoms with E-state index in [1.165, 1.54) is 12.1 Å². The van der Waals surface area contributed by atoms with Crippen molar-refractivity contribution >= 4 is 21.8 Å². The number of carbonyl (C=O) groups excluding carboxylic acids is 2. The van der Waals surface area contributed by atoms with Gasteiger partial charge in [-0.1, -0.05) is 30.3 Å². The van der Waals surface area contributed by atoms with Crippen molar-refractivity contribution in [3.63, 3.8) is 0 Å². The van der Waals surface area contributed by atoms with Gasteiger partial charge >= 0.3 is 0 Å².